The van der Waals surface area contributed by atoms with Crippen LogP contribution in [0.4, 0.5) is 0 Å². The molecule has 0 N–H and O–H groups in total. The van der Waals surface area contributed by atoms with Gasteiger partial charge in [-0.15, -0.1) is 0 Å². The van der Waals surface area contributed by atoms with Gasteiger partial charge in [0, 0.05) is 18.0 Å². The summed E-state index contributed by atoms with van der Waals surface area (Å²) in [6, 6.07) is 0. The van der Waals surface area contributed by atoms with E-state index in [9.17, 15) is 24.6 Å². The summed E-state index contributed by atoms with van der Waals surface area (Å²) in [7, 11) is 0. The van der Waals surface area contributed by atoms with Crippen molar-refractivity contribution in [2.45, 2.75) is 230 Å². The molecular weight excluding hydrogens is 731 g/mol. The maximum atomic E-state index is 10.8. The second kappa shape index (κ2) is 52.3. The SMILES string of the molecule is C=CC(=O)OCC(CC)CCCC.CCCCCCCCCCCC(=O)[O-].CCCCCCCCCCCC(=O)[O-].CCC[CH2][Sn+2][CH2]CCC. The van der Waals surface area contributed by atoms with Crippen LogP contribution in [-0.4, -0.2) is 45.7 Å². The fraction of sp³-hybridized carbons (Fsp3) is 0.884. The van der Waals surface area contributed by atoms with E-state index in [1.54, 1.807) is 8.87 Å². The number of ether oxygens (including phenoxy) is 1. The first-order valence-electron chi connectivity index (χ1n) is 21.1. The summed E-state index contributed by atoms with van der Waals surface area (Å²) in [6.45, 7) is 17.2. The van der Waals surface area contributed by atoms with Crippen LogP contribution in [0, 0.1) is 5.92 Å². The van der Waals surface area contributed by atoms with Gasteiger partial charge in [-0.1, -0.05) is 156 Å². The summed E-state index contributed by atoms with van der Waals surface area (Å²) in [5.74, 6) is -1.61. The molecule has 0 saturated carbocycles. The molecule has 296 valence electrons. The average molecular weight is 816 g/mol. The zero-order valence-electron chi connectivity index (χ0n) is 34.2. The molecule has 0 aromatic carbocycles. The monoisotopic (exact) mass is 817 g/mol. The third kappa shape index (κ3) is 62.1. The molecule has 50 heavy (non-hydrogen) atoms. The van der Waals surface area contributed by atoms with Crippen LogP contribution in [0.2, 0.25) is 8.87 Å². The van der Waals surface area contributed by atoms with E-state index in [4.69, 9.17) is 4.74 Å². The molecule has 0 saturated heterocycles. The fourth-order valence-corrected chi connectivity index (χ4v) is 9.20. The first-order valence-corrected chi connectivity index (χ1v) is 25.1. The van der Waals surface area contributed by atoms with Crippen molar-refractivity contribution < 1.29 is 29.3 Å². The Hall–Kier alpha value is -1.05. The van der Waals surface area contributed by atoms with Crippen molar-refractivity contribution in [3.05, 3.63) is 12.7 Å². The fourth-order valence-electron chi connectivity index (χ4n) is 5.05. The molecule has 0 radical (unpaired) electrons. The summed E-state index contributed by atoms with van der Waals surface area (Å²) in [4.78, 5) is 31.0. The van der Waals surface area contributed by atoms with Gasteiger partial charge in [0.1, 0.15) is 0 Å². The molecule has 0 aromatic rings. The summed E-state index contributed by atoms with van der Waals surface area (Å²) >= 11 is 0.149. The molecule has 1 atom stereocenters. The van der Waals surface area contributed by atoms with E-state index in [0.717, 1.165) is 38.5 Å². The molecule has 0 aliphatic carbocycles. The van der Waals surface area contributed by atoms with Crippen LogP contribution in [0.15, 0.2) is 12.7 Å². The summed E-state index contributed by atoms with van der Waals surface area (Å²) in [5.41, 5.74) is 0. The Morgan fingerprint density at radius 1 is 0.540 bits per heavy atom. The predicted octanol–water partition coefficient (Wildman–Crippen LogP) is 11.4. The molecule has 0 fully saturated rings. The van der Waals surface area contributed by atoms with E-state index in [1.807, 2.05) is 0 Å². The quantitative estimate of drug-likeness (QED) is 0.0283. The van der Waals surface area contributed by atoms with Gasteiger partial charge < -0.3 is 24.5 Å². The first kappa shape index (κ1) is 55.7. The average Bonchev–Trinajstić information content (AvgIpc) is 3.10. The van der Waals surface area contributed by atoms with Crippen molar-refractivity contribution in [3.8, 4) is 0 Å². The van der Waals surface area contributed by atoms with Crippen LogP contribution >= 0.6 is 0 Å². The number of carbonyl (C=O) groups excluding carboxylic acids is 3. The molecule has 7 heteroatoms. The molecule has 0 rings (SSSR count). The molecule has 0 spiro atoms. The van der Waals surface area contributed by atoms with Gasteiger partial charge in [0.2, 0.25) is 0 Å². The Morgan fingerprint density at radius 3 is 1.18 bits per heavy atom. The maximum absolute atomic E-state index is 10.8. The number of unbranched alkanes of at least 4 members (excludes halogenated alkanes) is 19. The minimum atomic E-state index is -0.909. The van der Waals surface area contributed by atoms with Gasteiger partial charge in [-0.3, -0.25) is 0 Å². The summed E-state index contributed by atoms with van der Waals surface area (Å²) in [5, 5.41) is 20.2. The van der Waals surface area contributed by atoms with Crippen LogP contribution in [0.3, 0.4) is 0 Å². The van der Waals surface area contributed by atoms with Gasteiger partial charge in [-0.05, 0) is 38.0 Å². The zero-order chi connectivity index (χ0) is 38.4. The van der Waals surface area contributed by atoms with Gasteiger partial charge in [0.15, 0.2) is 0 Å². The van der Waals surface area contributed by atoms with Gasteiger partial charge in [0.05, 0.1) is 6.61 Å². The van der Waals surface area contributed by atoms with Crippen molar-refractivity contribution in [1.29, 1.82) is 0 Å². The first-order chi connectivity index (χ1) is 24.2. The zero-order valence-corrected chi connectivity index (χ0v) is 37.1. The Bertz CT molecular complexity index is 646. The number of hydrogen-bond donors (Lipinski definition) is 0. The Kier molecular flexibility index (Phi) is 58.3. The number of aliphatic carboxylic acids is 2. The van der Waals surface area contributed by atoms with Gasteiger partial charge in [0.25, 0.3) is 0 Å². The molecule has 1 unspecified atom stereocenters. The normalized spacial score (nSPS) is 10.6. The molecule has 0 amide bonds. The molecule has 0 aliphatic heterocycles. The number of carboxylic acid groups (broad SMARTS) is 2. The van der Waals surface area contributed by atoms with Crippen LogP contribution in [0.25, 0.3) is 0 Å². The predicted molar refractivity (Wildman–Crippen MR) is 213 cm³/mol. The van der Waals surface area contributed by atoms with E-state index in [2.05, 4.69) is 48.1 Å². The standard InChI is InChI=1S/2C12H24O2.C11H20O2.2C4H9.Sn/c2*1-2-3-4-5-6-7-8-9-10-11-12(13)14;1-4-7-8-10(5-2)9-13-11(12)6-3;2*1-3-4-2;/h2*2-11H2,1H3,(H,13,14);6,10H,3-5,7-9H2,1-2H3;2*1,3-4H2,2H3;/q;;;;;+2/p-2. The van der Waals surface area contributed by atoms with Crippen molar-refractivity contribution in [2.75, 3.05) is 6.61 Å². The van der Waals surface area contributed by atoms with Crippen molar-refractivity contribution in [2.24, 2.45) is 5.92 Å². The number of hydrogen-bond acceptors (Lipinski definition) is 6. The van der Waals surface area contributed by atoms with Gasteiger partial charge in [-0.25, -0.2) is 4.79 Å². The second-order valence-electron chi connectivity index (χ2n) is 13.6. The van der Waals surface area contributed by atoms with Crippen molar-refractivity contribution >= 4 is 39.1 Å². The molecule has 0 aromatic heterocycles. The Balaban J connectivity index is -0.000000286. The van der Waals surface area contributed by atoms with Crippen molar-refractivity contribution in [3.63, 3.8) is 0 Å². The van der Waals surface area contributed by atoms with Gasteiger partial charge >= 0.3 is 75.5 Å². The van der Waals surface area contributed by atoms with Crippen LogP contribution in [-0.2, 0) is 19.1 Å². The summed E-state index contributed by atoms with van der Waals surface area (Å²) in [6.07, 6.45) is 34.0. The number of carboxylic acids is 2. The number of esters is 1. The topological polar surface area (TPSA) is 107 Å². The van der Waals surface area contributed by atoms with E-state index >= 15 is 0 Å². The van der Waals surface area contributed by atoms with Crippen LogP contribution < -0.4 is 10.2 Å². The van der Waals surface area contributed by atoms with Crippen LogP contribution in [0.1, 0.15) is 221 Å². The third-order valence-corrected chi connectivity index (χ3v) is 12.6. The second-order valence-corrected chi connectivity index (χ2v) is 17.9. The van der Waals surface area contributed by atoms with E-state index in [0.29, 0.717) is 12.5 Å². The molecule has 0 bridgehead atoms. The number of rotatable bonds is 33. The number of carbonyl (C=O) groups is 3. The van der Waals surface area contributed by atoms with Crippen LogP contribution in [0.5, 0.6) is 0 Å². The van der Waals surface area contributed by atoms with E-state index in [-0.39, 0.29) is 40.0 Å². The van der Waals surface area contributed by atoms with Crippen molar-refractivity contribution in [1.82, 2.24) is 0 Å². The third-order valence-electron chi connectivity index (χ3n) is 8.55. The molecule has 6 nitrogen and oxygen atoms in total. The summed E-state index contributed by atoms with van der Waals surface area (Å²) < 4.78 is 8.23. The Morgan fingerprint density at radius 2 is 0.880 bits per heavy atom. The molecular formula is C43H84O6Sn. The molecule has 0 heterocycles. The van der Waals surface area contributed by atoms with Gasteiger partial charge in [-0.2, -0.15) is 0 Å². The van der Waals surface area contributed by atoms with E-state index < -0.39 is 11.9 Å². The van der Waals surface area contributed by atoms with E-state index in [1.165, 1.54) is 134 Å². The Labute approximate surface area is 322 Å². The molecule has 0 aliphatic rings. The minimum absolute atomic E-state index is 0.149.